The quantitative estimate of drug-likeness (QED) is 0.0940. The molecule has 1 aliphatic heterocycles. The number of allylic oxidation sites excluding steroid dienone is 2. The van der Waals surface area contributed by atoms with Crippen molar-refractivity contribution in [2.24, 2.45) is 10.9 Å². The van der Waals surface area contributed by atoms with Crippen molar-refractivity contribution in [2.45, 2.75) is 43.5 Å². The third-order valence-corrected chi connectivity index (χ3v) is 5.96. The Hall–Kier alpha value is -4.34. The second kappa shape index (κ2) is 10.1. The van der Waals surface area contributed by atoms with Crippen molar-refractivity contribution in [1.29, 1.82) is 0 Å². The van der Waals surface area contributed by atoms with Crippen LogP contribution in [0.3, 0.4) is 0 Å². The first-order valence-corrected chi connectivity index (χ1v) is 11.3. The number of carbonyl (C=O) groups is 4. The van der Waals surface area contributed by atoms with Gasteiger partial charge in [0.25, 0.3) is 11.4 Å². The van der Waals surface area contributed by atoms with Gasteiger partial charge in [-0.15, -0.1) is 11.3 Å². The Bertz CT molecular complexity index is 1190. The predicted octanol–water partition coefficient (Wildman–Crippen LogP) is -1.23. The van der Waals surface area contributed by atoms with E-state index in [2.05, 4.69) is 20.8 Å². The summed E-state index contributed by atoms with van der Waals surface area (Å²) in [5.74, 6) is -3.44. The second-order valence-electron chi connectivity index (χ2n) is 8.38. The SMILES string of the molecule is CC(C)(ON=C(C(=O)N[C@@H]1C(=O)N[C@@H]1C(N)=O)c1csc(N)n1)C(=O)OCC1([N+](=O)[O-])C=CC=CC1. The molecule has 3 rings (SSSR count). The zero-order valence-electron chi connectivity index (χ0n) is 19.1. The number of primary amides is 1. The predicted molar refractivity (Wildman–Crippen MR) is 125 cm³/mol. The second-order valence-corrected chi connectivity index (χ2v) is 9.27. The molecule has 0 aromatic carbocycles. The van der Waals surface area contributed by atoms with Crippen molar-refractivity contribution in [2.75, 3.05) is 12.3 Å². The van der Waals surface area contributed by atoms with Gasteiger partial charge in [0, 0.05) is 16.7 Å². The van der Waals surface area contributed by atoms with Crippen molar-refractivity contribution in [3.63, 3.8) is 0 Å². The molecular weight excluding hydrogens is 498 g/mol. The van der Waals surface area contributed by atoms with Gasteiger partial charge in [-0.25, -0.2) is 9.78 Å². The number of carbonyl (C=O) groups excluding carboxylic acids is 4. The van der Waals surface area contributed by atoms with Crippen molar-refractivity contribution in [3.05, 3.63) is 45.5 Å². The van der Waals surface area contributed by atoms with E-state index in [1.54, 1.807) is 12.2 Å². The lowest BCUT2D eigenvalue weighted by molar-refractivity contribution is -0.557. The lowest BCUT2D eigenvalue weighted by atomic mass is 9.93. The molecule has 36 heavy (non-hydrogen) atoms. The molecule has 0 saturated carbocycles. The van der Waals surface area contributed by atoms with Crippen LogP contribution in [-0.2, 0) is 28.8 Å². The molecule has 1 aromatic rings. The van der Waals surface area contributed by atoms with Gasteiger partial charge < -0.3 is 31.7 Å². The summed E-state index contributed by atoms with van der Waals surface area (Å²) in [6.45, 7) is 2.00. The average Bonchev–Trinajstić information content (AvgIpc) is 3.25. The summed E-state index contributed by atoms with van der Waals surface area (Å²) in [6.07, 6.45) is 6.07. The summed E-state index contributed by atoms with van der Waals surface area (Å²) in [7, 11) is 0. The first kappa shape index (κ1) is 26.3. The summed E-state index contributed by atoms with van der Waals surface area (Å²) in [6, 6.07) is -2.36. The van der Waals surface area contributed by atoms with Crippen LogP contribution < -0.4 is 22.1 Å². The Morgan fingerprint density at radius 2 is 2.14 bits per heavy atom. The van der Waals surface area contributed by atoms with Crippen LogP contribution in [0.5, 0.6) is 0 Å². The number of aromatic nitrogens is 1. The Balaban J connectivity index is 1.75. The van der Waals surface area contributed by atoms with Crippen LogP contribution in [0.1, 0.15) is 26.0 Å². The summed E-state index contributed by atoms with van der Waals surface area (Å²) in [5.41, 5.74) is 6.94. The molecule has 0 radical (unpaired) electrons. The van der Waals surface area contributed by atoms with E-state index in [9.17, 15) is 29.3 Å². The first-order chi connectivity index (χ1) is 16.9. The Labute approximate surface area is 207 Å². The molecule has 6 N–H and O–H groups in total. The van der Waals surface area contributed by atoms with E-state index in [0.717, 1.165) is 11.3 Å². The maximum absolute atomic E-state index is 12.9. The Kier molecular flexibility index (Phi) is 7.37. The summed E-state index contributed by atoms with van der Waals surface area (Å²) in [5, 5.41) is 21.3. The number of nitrogens with two attached hydrogens (primary N) is 2. The smallest absolute Gasteiger partial charge is 0.353 e. The lowest BCUT2D eigenvalue weighted by Gasteiger charge is -2.34. The molecule has 1 saturated heterocycles. The van der Waals surface area contributed by atoms with E-state index in [1.807, 2.05) is 0 Å². The van der Waals surface area contributed by atoms with Crippen molar-refractivity contribution >= 4 is 45.9 Å². The highest BCUT2D eigenvalue weighted by atomic mass is 32.1. The minimum atomic E-state index is -1.79. The van der Waals surface area contributed by atoms with Crippen LogP contribution in [0.4, 0.5) is 5.13 Å². The number of nitro groups is 1. The van der Waals surface area contributed by atoms with Crippen LogP contribution in [0.25, 0.3) is 0 Å². The van der Waals surface area contributed by atoms with Crippen molar-refractivity contribution in [1.82, 2.24) is 15.6 Å². The molecule has 16 heteroatoms. The highest BCUT2D eigenvalue weighted by Crippen LogP contribution is 2.24. The molecule has 1 fully saturated rings. The highest BCUT2D eigenvalue weighted by molar-refractivity contribution is 7.13. The monoisotopic (exact) mass is 521 g/mol. The molecule has 1 unspecified atom stereocenters. The molecular formula is C20H23N7O8S. The molecule has 0 bridgehead atoms. The molecule has 15 nitrogen and oxygen atoms in total. The highest BCUT2D eigenvalue weighted by Gasteiger charge is 2.46. The number of hydrogen-bond acceptors (Lipinski definition) is 12. The normalized spacial score (nSPS) is 23.3. The minimum absolute atomic E-state index is 0.0269. The van der Waals surface area contributed by atoms with Crippen LogP contribution in [0.15, 0.2) is 34.8 Å². The molecule has 1 aliphatic carbocycles. The molecule has 2 aliphatic rings. The van der Waals surface area contributed by atoms with Gasteiger partial charge in [0.1, 0.15) is 17.8 Å². The van der Waals surface area contributed by atoms with Crippen LogP contribution >= 0.6 is 11.3 Å². The summed E-state index contributed by atoms with van der Waals surface area (Å²) >= 11 is 0.990. The van der Waals surface area contributed by atoms with Gasteiger partial charge in [0.15, 0.2) is 17.5 Å². The standard InChI is InChI=1S/C20H23N7O8S/c1-19(2,17(31)34-9-20(27(32)33)6-4-3-5-7-20)35-26-11(10-8-36-18(22)23-10)15(29)25-13-12(14(21)28)24-16(13)30/h3-6,8,12-13H,7,9H2,1-2H3,(H2,21,28)(H2,22,23)(H,24,30)(H,25,29)/t12-,13-,20?/m0/s1. The summed E-state index contributed by atoms with van der Waals surface area (Å²) in [4.78, 5) is 69.0. The van der Waals surface area contributed by atoms with Gasteiger partial charge in [-0.2, -0.15) is 0 Å². The zero-order valence-corrected chi connectivity index (χ0v) is 19.9. The van der Waals surface area contributed by atoms with E-state index in [1.165, 1.54) is 31.4 Å². The number of hydrogen-bond donors (Lipinski definition) is 4. The van der Waals surface area contributed by atoms with Crippen molar-refractivity contribution < 1.29 is 33.7 Å². The molecule has 3 atom stereocenters. The Morgan fingerprint density at radius 3 is 2.67 bits per heavy atom. The number of β-lactam (4-membered cyclic amide) rings is 1. The average molecular weight is 522 g/mol. The van der Waals surface area contributed by atoms with Gasteiger partial charge >= 0.3 is 5.97 Å². The van der Waals surface area contributed by atoms with Crippen LogP contribution in [-0.4, -0.2) is 69.1 Å². The number of ether oxygens (including phenoxy) is 1. The Morgan fingerprint density at radius 1 is 1.42 bits per heavy atom. The van der Waals surface area contributed by atoms with E-state index < -0.39 is 64.2 Å². The van der Waals surface area contributed by atoms with Gasteiger partial charge in [-0.05, 0) is 19.9 Å². The van der Waals surface area contributed by atoms with E-state index >= 15 is 0 Å². The number of oxime groups is 1. The first-order valence-electron chi connectivity index (χ1n) is 10.4. The summed E-state index contributed by atoms with van der Waals surface area (Å²) < 4.78 is 5.16. The number of thiazole rings is 1. The molecule has 0 spiro atoms. The lowest BCUT2D eigenvalue weighted by Crippen LogP contribution is -2.73. The van der Waals surface area contributed by atoms with Gasteiger partial charge in [0.05, 0.1) is 0 Å². The van der Waals surface area contributed by atoms with Crippen LogP contribution in [0, 0.1) is 10.1 Å². The van der Waals surface area contributed by atoms with Gasteiger partial charge in [0.2, 0.25) is 17.4 Å². The minimum Gasteiger partial charge on any atom is -0.455 e. The van der Waals surface area contributed by atoms with E-state index in [0.29, 0.717) is 0 Å². The maximum atomic E-state index is 12.9. The van der Waals surface area contributed by atoms with Crippen LogP contribution in [0.2, 0.25) is 0 Å². The maximum Gasteiger partial charge on any atom is 0.353 e. The fourth-order valence-corrected chi connectivity index (χ4v) is 3.63. The number of anilines is 1. The van der Waals surface area contributed by atoms with Gasteiger partial charge in [-0.3, -0.25) is 24.5 Å². The number of nitrogen functional groups attached to an aromatic ring is 1. The number of nitrogens with one attached hydrogen (secondary N) is 2. The van der Waals surface area contributed by atoms with E-state index in [-0.39, 0.29) is 17.2 Å². The number of esters is 1. The molecule has 1 aromatic heterocycles. The van der Waals surface area contributed by atoms with Crippen molar-refractivity contribution in [3.8, 4) is 0 Å². The van der Waals surface area contributed by atoms with E-state index in [4.69, 9.17) is 21.0 Å². The molecule has 192 valence electrons. The number of nitrogens with zero attached hydrogens (tertiary/aromatic N) is 3. The topological polar surface area (TPSA) is 231 Å². The van der Waals surface area contributed by atoms with Gasteiger partial charge in [-0.1, -0.05) is 23.4 Å². The fourth-order valence-electron chi connectivity index (χ4n) is 3.09. The molecule has 2 heterocycles. The number of rotatable bonds is 10. The molecule has 3 amide bonds. The third kappa shape index (κ3) is 5.48. The fraction of sp³-hybridized carbons (Fsp3) is 0.400. The largest absolute Gasteiger partial charge is 0.455 e. The number of amides is 3. The zero-order chi connectivity index (χ0) is 26.7. The third-order valence-electron chi connectivity index (χ3n) is 5.28.